The number of amides is 1. The number of aliphatic carboxylic acids is 1. The average Bonchev–Trinajstić information content (AvgIpc) is 2.00. The molecule has 7 heteroatoms. The van der Waals surface area contributed by atoms with Gasteiger partial charge >= 0.3 is 5.97 Å². The number of aliphatic hydroxyl groups excluding tert-OH is 2. The maximum Gasteiger partial charge on any atom is 0.335 e. The van der Waals surface area contributed by atoms with E-state index >= 15 is 0 Å². The Bertz CT molecular complexity index is 172. The molecule has 0 heterocycles. The molecule has 0 radical (unpaired) electrons. The number of nitrogens with one attached hydrogen (secondary N) is 1. The van der Waals surface area contributed by atoms with Gasteiger partial charge in [-0.25, -0.2) is 4.79 Å². The van der Waals surface area contributed by atoms with E-state index in [-0.39, 0.29) is 0 Å². The van der Waals surface area contributed by atoms with Gasteiger partial charge in [0.25, 0.3) is 5.91 Å². The summed E-state index contributed by atoms with van der Waals surface area (Å²) in [7, 11) is 0. The first-order valence-electron chi connectivity index (χ1n) is 2.53. The molecule has 0 aromatic rings. The molecule has 0 aromatic heterocycles. The van der Waals surface area contributed by atoms with E-state index in [0.717, 1.165) is 0 Å². The largest absolute Gasteiger partial charge is 0.479 e. The summed E-state index contributed by atoms with van der Waals surface area (Å²) < 4.78 is 1.68. The number of hydrogen-bond donors (Lipinski definition) is 5. The van der Waals surface area contributed by atoms with Crippen molar-refractivity contribution >= 4 is 24.7 Å². The standard InChI is InChI=1S/C4H7NO5S/c6-1(3(8)5-11)2(7)4(9)10/h1-2,6-7,11H,(H,5,8)(H,9,10). The zero-order chi connectivity index (χ0) is 9.02. The fraction of sp³-hybridized carbons (Fsp3) is 0.500. The minimum atomic E-state index is -2.12. The number of thiol groups is 1. The maximum absolute atomic E-state index is 10.4. The van der Waals surface area contributed by atoms with Gasteiger partial charge in [0.2, 0.25) is 0 Å². The van der Waals surface area contributed by atoms with E-state index in [1.54, 1.807) is 4.72 Å². The number of carbonyl (C=O) groups excluding carboxylic acids is 1. The van der Waals surface area contributed by atoms with Crippen LogP contribution in [-0.2, 0) is 9.59 Å². The second kappa shape index (κ2) is 4.16. The lowest BCUT2D eigenvalue weighted by atomic mass is 10.2. The lowest BCUT2D eigenvalue weighted by molar-refractivity contribution is -0.157. The molecule has 0 spiro atoms. The monoisotopic (exact) mass is 181 g/mol. The molecule has 1 amide bonds. The highest BCUT2D eigenvalue weighted by Gasteiger charge is 2.29. The topological polar surface area (TPSA) is 107 Å². The van der Waals surface area contributed by atoms with Crippen molar-refractivity contribution < 1.29 is 24.9 Å². The normalized spacial score (nSPS) is 15.2. The van der Waals surface area contributed by atoms with E-state index in [0.29, 0.717) is 0 Å². The van der Waals surface area contributed by atoms with Gasteiger partial charge in [-0.15, -0.1) is 0 Å². The van der Waals surface area contributed by atoms with Crippen LogP contribution in [0.5, 0.6) is 0 Å². The minimum absolute atomic E-state index is 1.07. The van der Waals surface area contributed by atoms with Crippen molar-refractivity contribution in [2.75, 3.05) is 0 Å². The number of aliphatic hydroxyl groups is 2. The molecule has 0 aliphatic heterocycles. The molecule has 64 valence electrons. The van der Waals surface area contributed by atoms with E-state index in [2.05, 4.69) is 12.8 Å². The second-order valence-electron chi connectivity index (χ2n) is 1.70. The van der Waals surface area contributed by atoms with Gasteiger partial charge in [-0.3, -0.25) is 4.79 Å². The van der Waals surface area contributed by atoms with Gasteiger partial charge in [-0.1, -0.05) is 12.8 Å². The lowest BCUT2D eigenvalue weighted by Crippen LogP contribution is -2.43. The van der Waals surface area contributed by atoms with E-state index in [1.165, 1.54) is 0 Å². The Morgan fingerprint density at radius 1 is 1.27 bits per heavy atom. The van der Waals surface area contributed by atoms with Crippen molar-refractivity contribution in [1.82, 2.24) is 4.72 Å². The van der Waals surface area contributed by atoms with Crippen LogP contribution in [0.2, 0.25) is 0 Å². The van der Waals surface area contributed by atoms with E-state index in [1.807, 2.05) is 0 Å². The van der Waals surface area contributed by atoms with Crippen LogP contribution >= 0.6 is 12.8 Å². The van der Waals surface area contributed by atoms with Crippen molar-refractivity contribution in [3.05, 3.63) is 0 Å². The zero-order valence-electron chi connectivity index (χ0n) is 5.26. The molecule has 0 aliphatic carbocycles. The molecule has 0 rings (SSSR count). The number of carbonyl (C=O) groups is 2. The molecule has 0 saturated carbocycles. The highest BCUT2D eigenvalue weighted by Crippen LogP contribution is 1.93. The third-order valence-electron chi connectivity index (χ3n) is 0.931. The Morgan fingerprint density at radius 3 is 2.00 bits per heavy atom. The Hall–Kier alpha value is -0.790. The van der Waals surface area contributed by atoms with Crippen LogP contribution in [0.15, 0.2) is 0 Å². The molecular formula is C4H7NO5S. The van der Waals surface area contributed by atoms with Crippen LogP contribution in [-0.4, -0.2) is 39.4 Å². The number of rotatable bonds is 3. The summed E-state index contributed by atoms with van der Waals surface area (Å²) in [5.41, 5.74) is 0. The quantitative estimate of drug-likeness (QED) is 0.316. The van der Waals surface area contributed by atoms with Crippen LogP contribution in [0, 0.1) is 0 Å². The van der Waals surface area contributed by atoms with E-state index in [9.17, 15) is 9.59 Å². The van der Waals surface area contributed by atoms with Gasteiger partial charge < -0.3 is 20.0 Å². The smallest absolute Gasteiger partial charge is 0.335 e. The van der Waals surface area contributed by atoms with Crippen LogP contribution in [0.3, 0.4) is 0 Å². The molecule has 0 aromatic carbocycles. The van der Waals surface area contributed by atoms with Crippen molar-refractivity contribution in [2.45, 2.75) is 12.2 Å². The van der Waals surface area contributed by atoms with Crippen LogP contribution < -0.4 is 4.72 Å². The summed E-state index contributed by atoms with van der Waals surface area (Å²) in [5.74, 6) is -2.74. The fourth-order valence-electron chi connectivity index (χ4n) is 0.345. The molecular weight excluding hydrogens is 174 g/mol. The lowest BCUT2D eigenvalue weighted by Gasteiger charge is -2.10. The van der Waals surface area contributed by atoms with Gasteiger partial charge in [0, 0.05) is 0 Å². The first-order chi connectivity index (χ1) is 5.00. The summed E-state index contributed by atoms with van der Waals surface area (Å²) in [6.07, 6.45) is -4.12. The summed E-state index contributed by atoms with van der Waals surface area (Å²) in [4.78, 5) is 20.3. The minimum Gasteiger partial charge on any atom is -0.479 e. The highest BCUT2D eigenvalue weighted by atomic mass is 32.1. The molecule has 2 unspecified atom stereocenters. The number of carboxylic acids is 1. The molecule has 0 fully saturated rings. The van der Waals surface area contributed by atoms with Crippen molar-refractivity contribution in [1.29, 1.82) is 0 Å². The second-order valence-corrected chi connectivity index (χ2v) is 1.93. The molecule has 0 bridgehead atoms. The fourth-order valence-corrected chi connectivity index (χ4v) is 0.477. The summed E-state index contributed by atoms with van der Waals surface area (Å²) in [6, 6.07) is 0. The molecule has 0 aliphatic rings. The predicted octanol–water partition coefficient (Wildman–Crippen LogP) is -2.25. The van der Waals surface area contributed by atoms with Crippen molar-refractivity contribution in [3.63, 3.8) is 0 Å². The third-order valence-corrected chi connectivity index (χ3v) is 1.15. The van der Waals surface area contributed by atoms with Gasteiger partial charge in [-0.2, -0.15) is 0 Å². The van der Waals surface area contributed by atoms with Crippen molar-refractivity contribution in [3.8, 4) is 0 Å². The Kier molecular flexibility index (Phi) is 3.86. The van der Waals surface area contributed by atoms with Crippen LogP contribution in [0.25, 0.3) is 0 Å². The first kappa shape index (κ1) is 10.2. The van der Waals surface area contributed by atoms with E-state index < -0.39 is 24.1 Å². The molecule has 4 N–H and O–H groups in total. The Labute approximate surface area is 67.4 Å². The van der Waals surface area contributed by atoms with Crippen LogP contribution in [0.1, 0.15) is 0 Å². The molecule has 2 atom stereocenters. The average molecular weight is 181 g/mol. The Morgan fingerprint density at radius 2 is 1.73 bits per heavy atom. The van der Waals surface area contributed by atoms with Crippen molar-refractivity contribution in [2.24, 2.45) is 0 Å². The highest BCUT2D eigenvalue weighted by molar-refractivity contribution is 7.78. The third kappa shape index (κ3) is 2.74. The van der Waals surface area contributed by atoms with Gasteiger partial charge in [0.1, 0.15) is 0 Å². The SMILES string of the molecule is O=C(O)C(O)C(O)C(=O)NS. The summed E-state index contributed by atoms with van der Waals surface area (Å²) >= 11 is 3.25. The summed E-state index contributed by atoms with van der Waals surface area (Å²) in [5, 5.41) is 25.3. The maximum atomic E-state index is 10.4. The summed E-state index contributed by atoms with van der Waals surface area (Å²) in [6.45, 7) is 0. The number of hydrogen-bond acceptors (Lipinski definition) is 5. The zero-order valence-corrected chi connectivity index (χ0v) is 6.15. The molecule has 6 nitrogen and oxygen atoms in total. The number of carboxylic acid groups (broad SMARTS) is 1. The van der Waals surface area contributed by atoms with Gasteiger partial charge in [0.15, 0.2) is 12.2 Å². The van der Waals surface area contributed by atoms with Gasteiger partial charge in [-0.05, 0) is 0 Å². The molecule has 11 heavy (non-hydrogen) atoms. The Balaban J connectivity index is 4.12. The van der Waals surface area contributed by atoms with Crippen LogP contribution in [0.4, 0.5) is 0 Å². The predicted molar refractivity (Wildman–Crippen MR) is 36.8 cm³/mol. The first-order valence-corrected chi connectivity index (χ1v) is 2.98. The van der Waals surface area contributed by atoms with Gasteiger partial charge in [0.05, 0.1) is 0 Å². The molecule has 0 saturated heterocycles. The van der Waals surface area contributed by atoms with E-state index in [4.69, 9.17) is 15.3 Å².